The van der Waals surface area contributed by atoms with Crippen LogP contribution >= 0.6 is 0 Å². The number of hydrogen-bond donors (Lipinski definition) is 2. The smallest absolute Gasteiger partial charge is 0.271 e. The van der Waals surface area contributed by atoms with Crippen molar-refractivity contribution in [2.75, 3.05) is 50.0 Å². The van der Waals surface area contributed by atoms with E-state index in [1.807, 2.05) is 19.1 Å². The summed E-state index contributed by atoms with van der Waals surface area (Å²) in [6, 6.07) is 11.8. The van der Waals surface area contributed by atoms with Gasteiger partial charge in [0.05, 0.1) is 0 Å². The molecule has 1 aromatic heterocycles. The normalized spacial score (nSPS) is 14.9. The molecule has 0 atom stereocenters. The molecule has 0 spiro atoms. The molecule has 0 bridgehead atoms. The number of rotatable bonds is 6. The van der Waals surface area contributed by atoms with Crippen LogP contribution in [-0.4, -0.2) is 60.8 Å². The van der Waals surface area contributed by atoms with E-state index in [0.29, 0.717) is 18.1 Å². The van der Waals surface area contributed by atoms with Crippen LogP contribution in [0.15, 0.2) is 36.4 Å². The van der Waals surface area contributed by atoms with E-state index in [1.165, 1.54) is 5.69 Å². The summed E-state index contributed by atoms with van der Waals surface area (Å²) in [5, 5.41) is 14.1. The third kappa shape index (κ3) is 4.70. The van der Waals surface area contributed by atoms with Gasteiger partial charge in [-0.3, -0.25) is 4.79 Å². The molecule has 1 aliphatic heterocycles. The lowest BCUT2D eigenvalue weighted by atomic mass is 10.2. The van der Waals surface area contributed by atoms with Crippen molar-refractivity contribution in [2.24, 2.45) is 0 Å². The summed E-state index contributed by atoms with van der Waals surface area (Å²) in [5.74, 6) is 0.423. The van der Waals surface area contributed by atoms with Gasteiger partial charge in [0, 0.05) is 44.1 Å². The summed E-state index contributed by atoms with van der Waals surface area (Å²) in [7, 11) is 2.16. The molecule has 0 radical (unpaired) electrons. The summed E-state index contributed by atoms with van der Waals surface area (Å²) in [6.45, 7) is 6.93. The number of benzene rings is 1. The van der Waals surface area contributed by atoms with E-state index in [4.69, 9.17) is 0 Å². The average molecular weight is 354 g/mol. The Hall–Kier alpha value is -2.67. The Morgan fingerprint density at radius 2 is 1.77 bits per heavy atom. The number of carbonyl (C=O) groups is 1. The first-order chi connectivity index (χ1) is 12.7. The molecular weight excluding hydrogens is 328 g/mol. The fourth-order valence-electron chi connectivity index (χ4n) is 2.82. The lowest BCUT2D eigenvalue weighted by molar-refractivity contribution is 0.0947. The zero-order valence-electron chi connectivity index (χ0n) is 15.4. The Balaban J connectivity index is 1.58. The van der Waals surface area contributed by atoms with Crippen LogP contribution in [0.1, 0.15) is 23.8 Å². The minimum atomic E-state index is -0.192. The van der Waals surface area contributed by atoms with Crippen LogP contribution < -0.4 is 15.5 Å². The highest BCUT2D eigenvalue weighted by Crippen LogP contribution is 2.21. The Kier molecular flexibility index (Phi) is 6.01. The molecule has 0 aliphatic carbocycles. The molecule has 1 aromatic carbocycles. The Morgan fingerprint density at radius 1 is 1.04 bits per heavy atom. The van der Waals surface area contributed by atoms with Crippen molar-refractivity contribution < 1.29 is 4.79 Å². The molecule has 138 valence electrons. The molecule has 2 heterocycles. The second-order valence-corrected chi connectivity index (χ2v) is 6.52. The van der Waals surface area contributed by atoms with Crippen molar-refractivity contribution in [2.45, 2.75) is 13.3 Å². The van der Waals surface area contributed by atoms with Gasteiger partial charge in [0.25, 0.3) is 5.91 Å². The van der Waals surface area contributed by atoms with Crippen LogP contribution in [0.4, 0.5) is 17.2 Å². The van der Waals surface area contributed by atoms with Crippen LogP contribution in [0.25, 0.3) is 0 Å². The van der Waals surface area contributed by atoms with Crippen LogP contribution in [0.2, 0.25) is 0 Å². The van der Waals surface area contributed by atoms with Crippen molar-refractivity contribution >= 4 is 23.1 Å². The highest BCUT2D eigenvalue weighted by Gasteiger charge is 2.14. The van der Waals surface area contributed by atoms with Crippen LogP contribution in [0.3, 0.4) is 0 Å². The molecule has 1 fully saturated rings. The molecule has 1 aliphatic rings. The molecule has 0 saturated carbocycles. The minimum Gasteiger partial charge on any atom is -0.369 e. The van der Waals surface area contributed by atoms with E-state index in [0.717, 1.165) is 38.3 Å². The number of piperazine rings is 1. The maximum Gasteiger partial charge on any atom is 0.271 e. The standard InChI is InChI=1S/C19H26N6O/c1-3-10-20-19(26)17-8-9-18(23-22-17)21-15-4-6-16(7-5-15)25-13-11-24(2)12-14-25/h4-9H,3,10-14H2,1-2H3,(H,20,26)(H,21,23). The monoisotopic (exact) mass is 354 g/mol. The zero-order valence-corrected chi connectivity index (χ0v) is 15.4. The van der Waals surface area contributed by atoms with E-state index in [1.54, 1.807) is 12.1 Å². The van der Waals surface area contributed by atoms with Gasteiger partial charge in [-0.1, -0.05) is 6.92 Å². The van der Waals surface area contributed by atoms with Crippen molar-refractivity contribution in [3.8, 4) is 0 Å². The topological polar surface area (TPSA) is 73.4 Å². The van der Waals surface area contributed by atoms with Gasteiger partial charge in [-0.25, -0.2) is 0 Å². The molecule has 3 rings (SSSR count). The molecule has 1 saturated heterocycles. The summed E-state index contributed by atoms with van der Waals surface area (Å²) in [6.07, 6.45) is 0.892. The number of hydrogen-bond acceptors (Lipinski definition) is 6. The SMILES string of the molecule is CCCNC(=O)c1ccc(Nc2ccc(N3CCN(C)CC3)cc2)nn1. The van der Waals surface area contributed by atoms with Gasteiger partial charge in [0.1, 0.15) is 0 Å². The number of nitrogens with zero attached hydrogens (tertiary/aromatic N) is 4. The first-order valence-electron chi connectivity index (χ1n) is 9.08. The van der Waals surface area contributed by atoms with Crippen LogP contribution in [-0.2, 0) is 0 Å². The first kappa shape index (κ1) is 18.1. The number of aromatic nitrogens is 2. The van der Waals surface area contributed by atoms with Crippen LogP contribution in [0, 0.1) is 0 Å². The van der Waals surface area contributed by atoms with Gasteiger partial charge in [0.15, 0.2) is 11.5 Å². The largest absolute Gasteiger partial charge is 0.369 e. The molecule has 1 amide bonds. The van der Waals surface area contributed by atoms with Gasteiger partial charge in [0.2, 0.25) is 0 Å². The summed E-state index contributed by atoms with van der Waals surface area (Å²) in [5.41, 5.74) is 2.51. The van der Waals surface area contributed by atoms with Gasteiger partial charge in [-0.05, 0) is 49.9 Å². The third-order valence-electron chi connectivity index (χ3n) is 4.44. The molecule has 0 unspecified atom stereocenters. The molecule has 2 aromatic rings. The molecular formula is C19H26N6O. The fourth-order valence-corrected chi connectivity index (χ4v) is 2.82. The predicted octanol–water partition coefficient (Wildman–Crippen LogP) is 2.11. The van der Waals surface area contributed by atoms with E-state index < -0.39 is 0 Å². The maximum atomic E-state index is 11.8. The molecule has 26 heavy (non-hydrogen) atoms. The molecule has 7 heteroatoms. The van der Waals surface area contributed by atoms with E-state index in [-0.39, 0.29) is 5.91 Å². The van der Waals surface area contributed by atoms with E-state index in [2.05, 4.69) is 49.8 Å². The number of nitrogens with one attached hydrogen (secondary N) is 2. The summed E-state index contributed by atoms with van der Waals surface area (Å²) >= 11 is 0. The van der Waals surface area contributed by atoms with Gasteiger partial charge in [-0.15, -0.1) is 10.2 Å². The van der Waals surface area contributed by atoms with Crippen molar-refractivity contribution in [3.63, 3.8) is 0 Å². The van der Waals surface area contributed by atoms with Gasteiger partial charge in [-0.2, -0.15) is 0 Å². The minimum absolute atomic E-state index is 0.192. The second kappa shape index (κ2) is 8.62. The molecule has 7 nitrogen and oxygen atoms in total. The summed E-state index contributed by atoms with van der Waals surface area (Å²) < 4.78 is 0. The third-order valence-corrected chi connectivity index (χ3v) is 4.44. The first-order valence-corrected chi connectivity index (χ1v) is 9.08. The van der Waals surface area contributed by atoms with Crippen molar-refractivity contribution in [1.82, 2.24) is 20.4 Å². The number of amides is 1. The lowest BCUT2D eigenvalue weighted by Gasteiger charge is -2.34. The summed E-state index contributed by atoms with van der Waals surface area (Å²) in [4.78, 5) is 16.6. The second-order valence-electron chi connectivity index (χ2n) is 6.52. The molecule has 2 N–H and O–H groups in total. The van der Waals surface area contributed by atoms with E-state index >= 15 is 0 Å². The van der Waals surface area contributed by atoms with Gasteiger partial charge >= 0.3 is 0 Å². The number of likely N-dealkylation sites (N-methyl/N-ethyl adjacent to an activating group) is 1. The predicted molar refractivity (Wildman–Crippen MR) is 104 cm³/mol. The quantitative estimate of drug-likeness (QED) is 0.828. The highest BCUT2D eigenvalue weighted by molar-refractivity contribution is 5.92. The average Bonchev–Trinajstić information content (AvgIpc) is 2.68. The lowest BCUT2D eigenvalue weighted by Crippen LogP contribution is -2.44. The Morgan fingerprint density at radius 3 is 2.38 bits per heavy atom. The fraction of sp³-hybridized carbons (Fsp3) is 0.421. The van der Waals surface area contributed by atoms with Crippen molar-refractivity contribution in [3.05, 3.63) is 42.1 Å². The van der Waals surface area contributed by atoms with Gasteiger partial charge < -0.3 is 20.4 Å². The van der Waals surface area contributed by atoms with Crippen LogP contribution in [0.5, 0.6) is 0 Å². The Bertz CT molecular complexity index is 708. The number of carbonyl (C=O) groups excluding carboxylic acids is 1. The van der Waals surface area contributed by atoms with Crippen molar-refractivity contribution in [1.29, 1.82) is 0 Å². The number of anilines is 3. The highest BCUT2D eigenvalue weighted by atomic mass is 16.1. The zero-order chi connectivity index (χ0) is 18.4. The Labute approximate surface area is 154 Å². The van der Waals surface area contributed by atoms with E-state index in [9.17, 15) is 4.79 Å². The maximum absolute atomic E-state index is 11.8.